The molecule has 1 aliphatic heterocycles. The highest BCUT2D eigenvalue weighted by Crippen LogP contribution is 2.28. The molecule has 0 radical (unpaired) electrons. The van der Waals surface area contributed by atoms with Gasteiger partial charge in [0, 0.05) is 44.0 Å². The van der Waals surface area contributed by atoms with E-state index >= 15 is 0 Å². The molecule has 4 nitrogen and oxygen atoms in total. The largest absolute Gasteiger partial charge is 0.485 e. The number of ether oxygens (including phenoxy) is 1. The predicted octanol–water partition coefficient (Wildman–Crippen LogP) is 2.88. The Kier molecular flexibility index (Phi) is 6.66. The maximum absolute atomic E-state index is 6.33. The number of nitrogens with one attached hydrogen (secondary N) is 2. The number of nitrogens with zero attached hydrogens (tertiary/aromatic N) is 1. The molecule has 3 rings (SSSR count). The summed E-state index contributed by atoms with van der Waals surface area (Å²) in [5, 5.41) is 8.74. The van der Waals surface area contributed by atoms with Crippen molar-refractivity contribution < 1.29 is 4.74 Å². The van der Waals surface area contributed by atoms with Gasteiger partial charge >= 0.3 is 0 Å². The van der Waals surface area contributed by atoms with Crippen molar-refractivity contribution in [1.82, 2.24) is 15.5 Å². The SMILES string of the molecule is CNCCC(Oc1cccc(CN2CCNCC2)c1)c1cccs1. The highest BCUT2D eigenvalue weighted by molar-refractivity contribution is 7.10. The van der Waals surface area contributed by atoms with Crippen molar-refractivity contribution in [1.29, 1.82) is 0 Å². The molecule has 0 saturated carbocycles. The highest BCUT2D eigenvalue weighted by Gasteiger charge is 2.15. The van der Waals surface area contributed by atoms with E-state index in [2.05, 4.69) is 57.3 Å². The number of hydrogen-bond donors (Lipinski definition) is 2. The Morgan fingerprint density at radius 3 is 2.88 bits per heavy atom. The number of benzene rings is 1. The fourth-order valence-electron chi connectivity index (χ4n) is 3.02. The molecule has 5 heteroatoms. The van der Waals surface area contributed by atoms with Crippen LogP contribution in [-0.2, 0) is 6.54 Å². The second kappa shape index (κ2) is 9.18. The Labute approximate surface area is 148 Å². The Hall–Kier alpha value is -1.40. The summed E-state index contributed by atoms with van der Waals surface area (Å²) >= 11 is 1.77. The van der Waals surface area contributed by atoms with Crippen LogP contribution in [0.3, 0.4) is 0 Å². The van der Waals surface area contributed by atoms with Crippen LogP contribution in [0.4, 0.5) is 0 Å². The molecule has 1 aromatic carbocycles. The zero-order valence-electron chi connectivity index (χ0n) is 14.3. The average molecular weight is 346 g/mol. The summed E-state index contributed by atoms with van der Waals surface area (Å²) in [4.78, 5) is 3.78. The first-order valence-electron chi connectivity index (χ1n) is 8.72. The second-order valence-electron chi connectivity index (χ2n) is 6.19. The zero-order chi connectivity index (χ0) is 16.6. The van der Waals surface area contributed by atoms with E-state index in [1.165, 1.54) is 10.4 Å². The van der Waals surface area contributed by atoms with Gasteiger partial charge in [0.05, 0.1) is 0 Å². The van der Waals surface area contributed by atoms with Gasteiger partial charge in [0.15, 0.2) is 0 Å². The van der Waals surface area contributed by atoms with Crippen LogP contribution in [0.1, 0.15) is 23.0 Å². The van der Waals surface area contributed by atoms with Gasteiger partial charge in [-0.2, -0.15) is 0 Å². The van der Waals surface area contributed by atoms with Crippen molar-refractivity contribution in [3.8, 4) is 5.75 Å². The summed E-state index contributed by atoms with van der Waals surface area (Å²) in [5.41, 5.74) is 1.33. The van der Waals surface area contributed by atoms with Gasteiger partial charge in [-0.25, -0.2) is 0 Å². The molecule has 0 amide bonds. The van der Waals surface area contributed by atoms with E-state index in [1.54, 1.807) is 11.3 Å². The molecule has 1 saturated heterocycles. The lowest BCUT2D eigenvalue weighted by Crippen LogP contribution is -2.42. The number of hydrogen-bond acceptors (Lipinski definition) is 5. The van der Waals surface area contributed by atoms with Crippen LogP contribution in [0, 0.1) is 0 Å². The van der Waals surface area contributed by atoms with E-state index in [4.69, 9.17) is 4.74 Å². The van der Waals surface area contributed by atoms with Crippen LogP contribution in [0.15, 0.2) is 41.8 Å². The smallest absolute Gasteiger partial charge is 0.134 e. The van der Waals surface area contributed by atoms with Crippen LogP contribution >= 0.6 is 11.3 Å². The van der Waals surface area contributed by atoms with Gasteiger partial charge in [0.2, 0.25) is 0 Å². The quantitative estimate of drug-likeness (QED) is 0.771. The topological polar surface area (TPSA) is 36.5 Å². The second-order valence-corrected chi connectivity index (χ2v) is 7.17. The van der Waals surface area contributed by atoms with Crippen molar-refractivity contribution in [2.75, 3.05) is 39.8 Å². The van der Waals surface area contributed by atoms with Crippen molar-refractivity contribution in [3.63, 3.8) is 0 Å². The third-order valence-corrected chi connectivity index (χ3v) is 5.27. The van der Waals surface area contributed by atoms with E-state index in [9.17, 15) is 0 Å². The lowest BCUT2D eigenvalue weighted by atomic mass is 10.1. The summed E-state index contributed by atoms with van der Waals surface area (Å²) in [6.07, 6.45) is 1.09. The molecule has 1 aromatic heterocycles. The normalized spacial score (nSPS) is 16.9. The first kappa shape index (κ1) is 17.4. The van der Waals surface area contributed by atoms with Crippen molar-refractivity contribution in [2.45, 2.75) is 19.1 Å². The lowest BCUT2D eigenvalue weighted by molar-refractivity contribution is 0.197. The summed E-state index contributed by atoms with van der Waals surface area (Å²) in [6, 6.07) is 12.8. The van der Waals surface area contributed by atoms with Gasteiger partial charge < -0.3 is 15.4 Å². The Morgan fingerprint density at radius 2 is 2.12 bits per heavy atom. The molecule has 1 atom stereocenters. The number of piperazine rings is 1. The molecule has 1 aliphatic rings. The standard InChI is InChI=1S/C19H27N3OS/c1-20-8-7-18(19-6-3-13-24-19)23-17-5-2-4-16(14-17)15-22-11-9-21-10-12-22/h2-6,13-14,18,20-21H,7-12,15H2,1H3. The molecule has 2 aromatic rings. The third kappa shape index (κ3) is 5.05. The molecule has 24 heavy (non-hydrogen) atoms. The summed E-state index contributed by atoms with van der Waals surface area (Å²) in [5.74, 6) is 0.970. The first-order chi connectivity index (χ1) is 11.8. The van der Waals surface area contributed by atoms with Gasteiger partial charge in [-0.1, -0.05) is 18.2 Å². The van der Waals surface area contributed by atoms with Crippen LogP contribution in [-0.4, -0.2) is 44.7 Å². The van der Waals surface area contributed by atoms with E-state index < -0.39 is 0 Å². The molecular weight excluding hydrogens is 318 g/mol. The Morgan fingerprint density at radius 1 is 1.25 bits per heavy atom. The van der Waals surface area contributed by atoms with E-state index in [0.29, 0.717) is 0 Å². The number of rotatable bonds is 8. The molecule has 130 valence electrons. The number of thiophene rings is 1. The van der Waals surface area contributed by atoms with Gasteiger partial charge in [-0.05, 0) is 42.7 Å². The molecule has 0 aliphatic carbocycles. The van der Waals surface area contributed by atoms with Crippen LogP contribution < -0.4 is 15.4 Å². The van der Waals surface area contributed by atoms with Crippen LogP contribution in [0.5, 0.6) is 5.75 Å². The van der Waals surface area contributed by atoms with Crippen LogP contribution in [0.25, 0.3) is 0 Å². The van der Waals surface area contributed by atoms with Crippen LogP contribution in [0.2, 0.25) is 0 Å². The molecule has 1 unspecified atom stereocenters. The summed E-state index contributed by atoms with van der Waals surface area (Å²) in [6.45, 7) is 6.35. The van der Waals surface area contributed by atoms with Crippen molar-refractivity contribution >= 4 is 11.3 Å². The van der Waals surface area contributed by atoms with Gasteiger partial charge in [-0.3, -0.25) is 4.90 Å². The molecule has 2 heterocycles. The molecule has 1 fully saturated rings. The van der Waals surface area contributed by atoms with E-state index in [0.717, 1.165) is 51.4 Å². The van der Waals surface area contributed by atoms with Crippen molar-refractivity contribution in [3.05, 3.63) is 52.2 Å². The third-order valence-electron chi connectivity index (χ3n) is 4.31. The highest BCUT2D eigenvalue weighted by atomic mass is 32.1. The predicted molar refractivity (Wildman–Crippen MR) is 101 cm³/mol. The molecule has 0 bridgehead atoms. The van der Waals surface area contributed by atoms with Gasteiger partial charge in [-0.15, -0.1) is 11.3 Å². The fraction of sp³-hybridized carbons (Fsp3) is 0.474. The zero-order valence-corrected chi connectivity index (χ0v) is 15.1. The minimum Gasteiger partial charge on any atom is -0.485 e. The monoisotopic (exact) mass is 345 g/mol. The van der Waals surface area contributed by atoms with Gasteiger partial charge in [0.25, 0.3) is 0 Å². The maximum atomic E-state index is 6.33. The van der Waals surface area contributed by atoms with E-state index in [-0.39, 0.29) is 6.10 Å². The summed E-state index contributed by atoms with van der Waals surface area (Å²) in [7, 11) is 1.99. The molecule has 0 spiro atoms. The van der Waals surface area contributed by atoms with Crippen molar-refractivity contribution in [2.24, 2.45) is 0 Å². The first-order valence-corrected chi connectivity index (χ1v) is 9.60. The maximum Gasteiger partial charge on any atom is 0.134 e. The molecule has 2 N–H and O–H groups in total. The fourth-order valence-corrected chi connectivity index (χ4v) is 3.81. The minimum atomic E-state index is 0.117. The Bertz CT molecular complexity index is 596. The molecular formula is C19H27N3OS. The van der Waals surface area contributed by atoms with Gasteiger partial charge in [0.1, 0.15) is 11.9 Å². The minimum absolute atomic E-state index is 0.117. The Balaban J connectivity index is 1.65. The summed E-state index contributed by atoms with van der Waals surface area (Å²) < 4.78 is 6.33. The lowest BCUT2D eigenvalue weighted by Gasteiger charge is -2.27. The van der Waals surface area contributed by atoms with E-state index in [1.807, 2.05) is 7.05 Å². The average Bonchev–Trinajstić information content (AvgIpc) is 3.14.